The van der Waals surface area contributed by atoms with Crippen LogP contribution in [-0.2, 0) is 30.4 Å². The van der Waals surface area contributed by atoms with Crippen LogP contribution in [0.5, 0.6) is 17.2 Å². The predicted octanol–water partition coefficient (Wildman–Crippen LogP) is 7.12. The molecule has 0 saturated heterocycles. The summed E-state index contributed by atoms with van der Waals surface area (Å²) >= 11 is 0. The van der Waals surface area contributed by atoms with Gasteiger partial charge in [0.05, 0.1) is 29.3 Å². The van der Waals surface area contributed by atoms with E-state index in [0.717, 1.165) is 23.8 Å². The number of ether oxygens (including phenoxy) is 1. The number of phenolic OH excluding ortho intramolecular Hbond substituents is 2. The molecule has 55 heavy (non-hydrogen) atoms. The largest absolute Gasteiger partial charge is 0.505 e. The third-order valence-electron chi connectivity index (χ3n) is 8.42. The molecular formula is C34H28N6O12S3. The number of aryl methyl sites for hydroxylation is 1. The molecule has 18 nitrogen and oxygen atoms in total. The van der Waals surface area contributed by atoms with Crippen molar-refractivity contribution in [2.45, 2.75) is 21.6 Å². The molecule has 9 N–H and O–H groups in total. The maximum absolute atomic E-state index is 12.0. The summed E-state index contributed by atoms with van der Waals surface area (Å²) < 4.78 is 106. The van der Waals surface area contributed by atoms with E-state index in [4.69, 9.17) is 16.2 Å². The second kappa shape index (κ2) is 13.9. The Labute approximate surface area is 312 Å². The van der Waals surface area contributed by atoms with Crippen LogP contribution < -0.4 is 16.2 Å². The van der Waals surface area contributed by atoms with E-state index in [9.17, 15) is 49.1 Å². The number of anilines is 2. The van der Waals surface area contributed by atoms with Gasteiger partial charge in [0.25, 0.3) is 30.4 Å². The maximum atomic E-state index is 12.0. The molecule has 0 saturated carbocycles. The van der Waals surface area contributed by atoms with Crippen molar-refractivity contribution in [1.29, 1.82) is 0 Å². The number of nitrogens with zero attached hydrogens (tertiary/aromatic N) is 4. The van der Waals surface area contributed by atoms with Gasteiger partial charge in [0.1, 0.15) is 37.5 Å². The minimum Gasteiger partial charge on any atom is -0.505 e. The first-order valence-corrected chi connectivity index (χ1v) is 19.7. The van der Waals surface area contributed by atoms with Gasteiger partial charge in [-0.2, -0.15) is 30.4 Å². The van der Waals surface area contributed by atoms with E-state index in [0.29, 0.717) is 22.9 Å². The van der Waals surface area contributed by atoms with E-state index >= 15 is 0 Å². The molecule has 6 aromatic rings. The SMILES string of the molecule is COc1cc(-c2ccc(N=Nc3ccc4c(S(=O)(=O)O)ccc(N)c4c3O)c(C)c2)ccc1N=Nc1ccc2c(S(=O)(=O)O)cc(S(=O)(=O)O)c(N)c2c1O. The normalized spacial score (nSPS) is 12.7. The zero-order chi connectivity index (χ0) is 40.2. The van der Waals surface area contributed by atoms with Gasteiger partial charge in [-0.1, -0.05) is 24.3 Å². The third kappa shape index (κ3) is 7.34. The van der Waals surface area contributed by atoms with Crippen molar-refractivity contribution in [3.05, 3.63) is 84.4 Å². The average molecular weight is 809 g/mol. The van der Waals surface area contributed by atoms with Gasteiger partial charge in [-0.15, -0.1) is 15.3 Å². The second-order valence-electron chi connectivity index (χ2n) is 11.9. The number of hydrogen-bond acceptors (Lipinski definition) is 15. The van der Waals surface area contributed by atoms with E-state index in [1.807, 2.05) is 0 Å². The molecule has 0 heterocycles. The Kier molecular flexibility index (Phi) is 9.71. The van der Waals surface area contributed by atoms with Gasteiger partial charge in [-0.3, -0.25) is 13.7 Å². The summed E-state index contributed by atoms with van der Waals surface area (Å²) in [6, 6.07) is 17.9. The van der Waals surface area contributed by atoms with Gasteiger partial charge >= 0.3 is 0 Å². The van der Waals surface area contributed by atoms with Crippen LogP contribution in [0.4, 0.5) is 34.1 Å². The zero-order valence-electron chi connectivity index (χ0n) is 28.3. The molecule has 0 atom stereocenters. The number of methoxy groups -OCH3 is 1. The van der Waals surface area contributed by atoms with Crippen LogP contribution in [0.25, 0.3) is 32.7 Å². The van der Waals surface area contributed by atoms with Gasteiger partial charge < -0.3 is 26.4 Å². The lowest BCUT2D eigenvalue weighted by molar-refractivity contribution is 0.416. The molecular weight excluding hydrogens is 781 g/mol. The Morgan fingerprint density at radius 3 is 1.56 bits per heavy atom. The number of hydrogen-bond donors (Lipinski definition) is 7. The van der Waals surface area contributed by atoms with Crippen LogP contribution in [0.1, 0.15) is 5.56 Å². The van der Waals surface area contributed by atoms with Crippen molar-refractivity contribution in [1.82, 2.24) is 0 Å². The molecule has 6 rings (SSSR count). The zero-order valence-corrected chi connectivity index (χ0v) is 30.7. The lowest BCUT2D eigenvalue weighted by Gasteiger charge is -2.13. The summed E-state index contributed by atoms with van der Waals surface area (Å²) in [5.74, 6) is -0.975. The number of nitrogen functional groups attached to an aromatic ring is 2. The minimum absolute atomic E-state index is 0.00385. The summed E-state index contributed by atoms with van der Waals surface area (Å²) in [6.07, 6.45) is 0. The van der Waals surface area contributed by atoms with E-state index < -0.39 is 67.6 Å². The number of phenols is 2. The summed E-state index contributed by atoms with van der Waals surface area (Å²) in [4.78, 5) is -2.42. The Morgan fingerprint density at radius 1 is 0.545 bits per heavy atom. The highest BCUT2D eigenvalue weighted by Crippen LogP contribution is 2.45. The lowest BCUT2D eigenvalue weighted by atomic mass is 10.0. The van der Waals surface area contributed by atoms with Gasteiger partial charge in [0, 0.05) is 16.5 Å². The maximum Gasteiger partial charge on any atom is 0.296 e. The molecule has 0 spiro atoms. The highest BCUT2D eigenvalue weighted by molar-refractivity contribution is 7.87. The number of benzene rings is 6. The highest BCUT2D eigenvalue weighted by Gasteiger charge is 2.27. The standard InChI is InChI=1S/C34H28N6O12S3/c1-16-13-17(3-8-22(16)37-39-24-10-5-19-27(53(43,44)45)12-7-21(35)30(19)33(24)41)18-4-9-23(26(14-18)52-2)38-40-25-11-6-20-28(54(46,47)48)15-29(55(49,50)51)32(36)31(20)34(25)42/h3-15,41-42H,35-36H2,1-2H3,(H,43,44,45)(H,46,47,48)(H,49,50,51). The van der Waals surface area contributed by atoms with Gasteiger partial charge in [-0.05, 0) is 78.2 Å². The van der Waals surface area contributed by atoms with Crippen LogP contribution in [0.15, 0.2) is 114 Å². The van der Waals surface area contributed by atoms with Gasteiger partial charge in [0.15, 0.2) is 11.5 Å². The smallest absolute Gasteiger partial charge is 0.296 e. The molecule has 0 fully saturated rings. The molecule has 0 radical (unpaired) electrons. The Bertz CT molecular complexity index is 3010. The fraction of sp³-hybridized carbons (Fsp3) is 0.0588. The number of fused-ring (bicyclic) bond motifs is 2. The van der Waals surface area contributed by atoms with Gasteiger partial charge in [-0.25, -0.2) is 0 Å². The molecule has 21 heteroatoms. The van der Waals surface area contributed by atoms with Crippen molar-refractivity contribution in [3.8, 4) is 28.4 Å². The van der Waals surface area contributed by atoms with E-state index in [1.54, 1.807) is 43.3 Å². The second-order valence-corrected chi connectivity index (χ2v) is 16.0. The summed E-state index contributed by atoms with van der Waals surface area (Å²) in [6.45, 7) is 1.77. The minimum atomic E-state index is -5.09. The molecule has 6 aromatic carbocycles. The van der Waals surface area contributed by atoms with Crippen LogP contribution in [0.2, 0.25) is 0 Å². The van der Waals surface area contributed by atoms with Gasteiger partial charge in [0.2, 0.25) is 0 Å². The fourth-order valence-corrected chi connectivity index (χ4v) is 7.91. The Balaban J connectivity index is 1.30. The molecule has 0 unspecified atom stereocenters. The number of nitrogens with two attached hydrogens (primary N) is 2. The van der Waals surface area contributed by atoms with Crippen molar-refractivity contribution >= 4 is 86.0 Å². The topological polar surface area (TPSA) is 314 Å². The van der Waals surface area contributed by atoms with Crippen LogP contribution in [-0.4, -0.2) is 56.2 Å². The van der Waals surface area contributed by atoms with Crippen LogP contribution in [0, 0.1) is 6.92 Å². The fourth-order valence-electron chi connectivity index (χ4n) is 5.79. The molecule has 284 valence electrons. The predicted molar refractivity (Wildman–Crippen MR) is 201 cm³/mol. The van der Waals surface area contributed by atoms with E-state index in [2.05, 4.69) is 20.5 Å². The lowest BCUT2D eigenvalue weighted by Crippen LogP contribution is -2.08. The highest BCUT2D eigenvalue weighted by atomic mass is 32.2. The number of rotatable bonds is 9. The molecule has 0 aromatic heterocycles. The molecule has 0 aliphatic carbocycles. The van der Waals surface area contributed by atoms with Crippen LogP contribution >= 0.6 is 0 Å². The van der Waals surface area contributed by atoms with Crippen molar-refractivity contribution in [3.63, 3.8) is 0 Å². The first-order valence-electron chi connectivity index (χ1n) is 15.4. The average Bonchev–Trinajstić information content (AvgIpc) is 3.10. The summed E-state index contributed by atoms with van der Waals surface area (Å²) in [5, 5.41) is 37.5. The first-order chi connectivity index (χ1) is 25.7. The first kappa shape index (κ1) is 38.5. The van der Waals surface area contributed by atoms with Crippen LogP contribution in [0.3, 0.4) is 0 Å². The Morgan fingerprint density at radius 2 is 1.02 bits per heavy atom. The molecule has 0 aliphatic heterocycles. The molecule has 0 amide bonds. The van der Waals surface area contributed by atoms with E-state index in [-0.39, 0.29) is 44.7 Å². The van der Waals surface area contributed by atoms with Crippen molar-refractivity contribution in [2.24, 2.45) is 20.5 Å². The third-order valence-corrected chi connectivity index (χ3v) is 11.1. The summed E-state index contributed by atoms with van der Waals surface area (Å²) in [7, 11) is -13.3. The van der Waals surface area contributed by atoms with E-state index in [1.165, 1.54) is 25.3 Å². The van der Waals surface area contributed by atoms with Crippen molar-refractivity contribution in [2.75, 3.05) is 18.6 Å². The monoisotopic (exact) mass is 808 g/mol. The Hall–Kier alpha value is -6.23. The molecule has 0 bridgehead atoms. The number of aromatic hydroxyl groups is 2. The molecule has 0 aliphatic rings. The van der Waals surface area contributed by atoms with Crippen molar-refractivity contribution < 1.29 is 53.9 Å². The quantitative estimate of drug-likeness (QED) is 0.0434. The number of azo groups is 2. The summed E-state index contributed by atoms with van der Waals surface area (Å²) in [5.41, 5.74) is 13.7.